The molecule has 2 rings (SSSR count). The third kappa shape index (κ3) is 2.63. The molecule has 0 aliphatic heterocycles. The molecule has 0 radical (unpaired) electrons. The van der Waals surface area contributed by atoms with Crippen LogP contribution in [0.5, 0.6) is 5.88 Å². The summed E-state index contributed by atoms with van der Waals surface area (Å²) in [6, 6.07) is 1.73. The van der Waals surface area contributed by atoms with Crippen LogP contribution in [-0.4, -0.2) is 21.1 Å². The van der Waals surface area contributed by atoms with Crippen molar-refractivity contribution in [1.29, 1.82) is 0 Å². The highest BCUT2D eigenvalue weighted by molar-refractivity contribution is 6.33. The molecule has 4 nitrogen and oxygen atoms in total. The minimum Gasteiger partial charge on any atom is -0.460 e. The van der Waals surface area contributed by atoms with Crippen LogP contribution in [0, 0.1) is 11.8 Å². The lowest BCUT2D eigenvalue weighted by molar-refractivity contribution is 0.267. The van der Waals surface area contributed by atoms with Crippen LogP contribution < -0.4 is 4.74 Å². The van der Waals surface area contributed by atoms with E-state index in [0.717, 1.165) is 0 Å². The fourth-order valence-corrected chi connectivity index (χ4v) is 1.57. The first-order valence-corrected chi connectivity index (χ1v) is 5.44. The molecule has 86 valence electrons. The number of rotatable bonds is 2. The molecule has 0 fully saturated rings. The Morgan fingerprint density at radius 1 is 1.41 bits per heavy atom. The van der Waals surface area contributed by atoms with Crippen molar-refractivity contribution in [1.82, 2.24) is 15.0 Å². The van der Waals surface area contributed by atoms with E-state index in [0.29, 0.717) is 22.1 Å². The van der Waals surface area contributed by atoms with Gasteiger partial charge < -0.3 is 4.74 Å². The summed E-state index contributed by atoms with van der Waals surface area (Å²) in [6.45, 7) is 3.61. The first-order valence-electron chi connectivity index (χ1n) is 5.07. The Hall–Kier alpha value is -1.86. The van der Waals surface area contributed by atoms with Crippen LogP contribution in [0.25, 0.3) is 11.0 Å². The van der Waals surface area contributed by atoms with Crippen LogP contribution in [0.15, 0.2) is 18.5 Å². The summed E-state index contributed by atoms with van der Waals surface area (Å²) < 4.78 is 5.49. The van der Waals surface area contributed by atoms with E-state index in [1.807, 2.05) is 6.92 Å². The average Bonchev–Trinajstić information content (AvgIpc) is 2.29. The third-order valence-electron chi connectivity index (χ3n) is 2.04. The van der Waals surface area contributed by atoms with E-state index in [9.17, 15) is 0 Å². The number of nitrogens with zero attached hydrogens (tertiary/aromatic N) is 3. The number of aromatic nitrogens is 3. The molecule has 1 unspecified atom stereocenters. The highest BCUT2D eigenvalue weighted by Crippen LogP contribution is 2.19. The molecular weight excluding hydrogens is 238 g/mol. The number of fused-ring (bicyclic) bond motifs is 1. The van der Waals surface area contributed by atoms with Crippen LogP contribution in [-0.2, 0) is 0 Å². The van der Waals surface area contributed by atoms with Crippen molar-refractivity contribution < 1.29 is 4.74 Å². The second kappa shape index (κ2) is 4.98. The van der Waals surface area contributed by atoms with Crippen molar-refractivity contribution in [2.45, 2.75) is 20.0 Å². The maximum Gasteiger partial charge on any atom is 0.234 e. The quantitative estimate of drug-likeness (QED) is 0.604. The van der Waals surface area contributed by atoms with Crippen LogP contribution >= 0.6 is 11.6 Å². The van der Waals surface area contributed by atoms with Crippen molar-refractivity contribution >= 4 is 22.6 Å². The van der Waals surface area contributed by atoms with Crippen molar-refractivity contribution in [3.63, 3.8) is 0 Å². The predicted octanol–water partition coefficient (Wildman–Crippen LogP) is 2.47. The molecule has 1 atom stereocenters. The van der Waals surface area contributed by atoms with Gasteiger partial charge in [0, 0.05) is 6.20 Å². The summed E-state index contributed by atoms with van der Waals surface area (Å²) in [4.78, 5) is 12.4. The van der Waals surface area contributed by atoms with Gasteiger partial charge in [-0.05, 0) is 19.9 Å². The molecule has 0 N–H and O–H groups in total. The lowest BCUT2D eigenvalue weighted by atomic mass is 10.4. The SMILES string of the molecule is CC#CC(C)Oc1cnc2c(Cl)nccc2n1. The Morgan fingerprint density at radius 2 is 2.24 bits per heavy atom. The molecule has 2 heterocycles. The molecule has 0 aliphatic carbocycles. The molecule has 17 heavy (non-hydrogen) atoms. The molecule has 0 spiro atoms. The van der Waals surface area contributed by atoms with Crippen molar-refractivity contribution in [2.75, 3.05) is 0 Å². The van der Waals surface area contributed by atoms with Crippen molar-refractivity contribution in [3.05, 3.63) is 23.6 Å². The van der Waals surface area contributed by atoms with Crippen molar-refractivity contribution in [3.8, 4) is 17.7 Å². The van der Waals surface area contributed by atoms with Gasteiger partial charge in [0.2, 0.25) is 5.88 Å². The minimum atomic E-state index is -0.218. The first kappa shape index (κ1) is 11.6. The van der Waals surface area contributed by atoms with Crippen LogP contribution in [0.3, 0.4) is 0 Å². The summed E-state index contributed by atoms with van der Waals surface area (Å²) in [6.07, 6.45) is 2.88. The van der Waals surface area contributed by atoms with Gasteiger partial charge in [-0.2, -0.15) is 0 Å². The normalized spacial score (nSPS) is 11.7. The molecule has 0 amide bonds. The fourth-order valence-electron chi connectivity index (χ4n) is 1.37. The highest BCUT2D eigenvalue weighted by Gasteiger charge is 2.06. The maximum absolute atomic E-state index is 5.89. The van der Waals surface area contributed by atoms with Crippen LogP contribution in [0.2, 0.25) is 5.15 Å². The van der Waals surface area contributed by atoms with E-state index < -0.39 is 0 Å². The smallest absolute Gasteiger partial charge is 0.234 e. The van der Waals surface area contributed by atoms with Crippen LogP contribution in [0.1, 0.15) is 13.8 Å². The lowest BCUT2D eigenvalue weighted by Crippen LogP contribution is -2.10. The molecule has 0 aliphatic rings. The van der Waals surface area contributed by atoms with Gasteiger partial charge in [-0.1, -0.05) is 17.5 Å². The van der Waals surface area contributed by atoms with Gasteiger partial charge in [0.15, 0.2) is 11.3 Å². The molecule has 0 bridgehead atoms. The van der Waals surface area contributed by atoms with E-state index in [-0.39, 0.29) is 6.10 Å². The van der Waals surface area contributed by atoms with E-state index in [2.05, 4.69) is 26.8 Å². The lowest BCUT2D eigenvalue weighted by Gasteiger charge is -2.08. The zero-order valence-electron chi connectivity index (χ0n) is 9.44. The zero-order valence-corrected chi connectivity index (χ0v) is 10.2. The van der Waals surface area contributed by atoms with Gasteiger partial charge in [0.25, 0.3) is 0 Å². The molecule has 0 saturated carbocycles. The Bertz CT molecular complexity index is 603. The van der Waals surface area contributed by atoms with Crippen molar-refractivity contribution in [2.24, 2.45) is 0 Å². The number of hydrogen-bond acceptors (Lipinski definition) is 4. The van der Waals surface area contributed by atoms with Gasteiger partial charge in [0.1, 0.15) is 5.52 Å². The maximum atomic E-state index is 5.89. The second-order valence-corrected chi connectivity index (χ2v) is 3.69. The number of halogens is 1. The Labute approximate surface area is 104 Å². The Morgan fingerprint density at radius 3 is 3.00 bits per heavy atom. The minimum absolute atomic E-state index is 0.218. The largest absolute Gasteiger partial charge is 0.460 e. The van der Waals surface area contributed by atoms with E-state index in [1.165, 1.54) is 6.20 Å². The van der Waals surface area contributed by atoms with Gasteiger partial charge >= 0.3 is 0 Å². The Kier molecular flexibility index (Phi) is 3.40. The molecular formula is C12H10ClN3O. The molecule has 2 aromatic heterocycles. The topological polar surface area (TPSA) is 47.9 Å². The highest BCUT2D eigenvalue weighted by atomic mass is 35.5. The first-order chi connectivity index (χ1) is 8.20. The Balaban J connectivity index is 2.34. The predicted molar refractivity (Wildman–Crippen MR) is 65.9 cm³/mol. The van der Waals surface area contributed by atoms with E-state index in [1.54, 1.807) is 19.2 Å². The fraction of sp³-hybridized carbons (Fsp3) is 0.250. The average molecular weight is 248 g/mol. The molecule has 2 aromatic rings. The summed E-state index contributed by atoms with van der Waals surface area (Å²) in [5, 5.41) is 0.336. The van der Waals surface area contributed by atoms with Gasteiger partial charge in [-0.3, -0.25) is 0 Å². The number of pyridine rings is 1. The summed E-state index contributed by atoms with van der Waals surface area (Å²) in [7, 11) is 0. The summed E-state index contributed by atoms with van der Waals surface area (Å²) in [5.74, 6) is 6.08. The third-order valence-corrected chi connectivity index (χ3v) is 2.31. The van der Waals surface area contributed by atoms with Gasteiger partial charge in [-0.15, -0.1) is 5.92 Å². The van der Waals surface area contributed by atoms with E-state index in [4.69, 9.17) is 16.3 Å². The molecule has 5 heteroatoms. The van der Waals surface area contributed by atoms with Gasteiger partial charge in [0.05, 0.1) is 11.7 Å². The number of ether oxygens (including phenoxy) is 1. The van der Waals surface area contributed by atoms with E-state index >= 15 is 0 Å². The monoisotopic (exact) mass is 247 g/mol. The van der Waals surface area contributed by atoms with Gasteiger partial charge in [-0.25, -0.2) is 15.0 Å². The second-order valence-electron chi connectivity index (χ2n) is 3.33. The zero-order chi connectivity index (χ0) is 12.3. The summed E-state index contributed by atoms with van der Waals surface area (Å²) in [5.41, 5.74) is 1.22. The summed E-state index contributed by atoms with van der Waals surface area (Å²) >= 11 is 5.89. The number of hydrogen-bond donors (Lipinski definition) is 0. The molecule has 0 aromatic carbocycles. The standard InChI is InChI=1S/C12H10ClN3O/c1-3-4-8(2)17-10-7-15-11-9(16-10)5-6-14-12(11)13/h5-8H,1-2H3. The molecule has 0 saturated heterocycles. The van der Waals surface area contributed by atoms with Crippen LogP contribution in [0.4, 0.5) is 0 Å².